The number of hydrogen-bond donors (Lipinski definition) is 1. The number of unbranched alkanes of at least 4 members (excludes halogenated alkanes) is 2. The summed E-state index contributed by atoms with van der Waals surface area (Å²) in [5.74, 6) is 0.350. The highest BCUT2D eigenvalue weighted by Crippen LogP contribution is 2.13. The van der Waals surface area contributed by atoms with Crippen molar-refractivity contribution in [2.24, 2.45) is 0 Å². The first-order valence-electron chi connectivity index (χ1n) is 7.11. The third kappa shape index (κ3) is 5.54. The Labute approximate surface area is 112 Å². The molecule has 0 saturated heterocycles. The third-order valence-electron chi connectivity index (χ3n) is 3.65. The maximum absolute atomic E-state index is 9.23. The van der Waals surface area contributed by atoms with E-state index in [1.165, 1.54) is 37.8 Å². The smallest absolute Gasteiger partial charge is 0.115 e. The molecule has 0 aliphatic heterocycles. The molecule has 1 atom stereocenters. The van der Waals surface area contributed by atoms with Gasteiger partial charge in [0, 0.05) is 6.04 Å². The van der Waals surface area contributed by atoms with Crippen LogP contribution in [0.25, 0.3) is 0 Å². The lowest BCUT2D eigenvalue weighted by molar-refractivity contribution is 0.241. The van der Waals surface area contributed by atoms with Crippen LogP contribution in [-0.4, -0.2) is 29.6 Å². The van der Waals surface area contributed by atoms with Gasteiger partial charge >= 0.3 is 0 Å². The second kappa shape index (κ2) is 8.15. The van der Waals surface area contributed by atoms with E-state index in [1.54, 1.807) is 12.1 Å². The first-order chi connectivity index (χ1) is 8.63. The lowest BCUT2D eigenvalue weighted by Gasteiger charge is -2.24. The highest BCUT2D eigenvalue weighted by atomic mass is 16.3. The summed E-state index contributed by atoms with van der Waals surface area (Å²) in [5, 5.41) is 9.23. The zero-order valence-electron chi connectivity index (χ0n) is 12.0. The summed E-state index contributed by atoms with van der Waals surface area (Å²) in [7, 11) is 2.22. The lowest BCUT2D eigenvalue weighted by atomic mass is 10.1. The second-order valence-electron chi connectivity index (χ2n) is 5.24. The van der Waals surface area contributed by atoms with Gasteiger partial charge in [-0.3, -0.25) is 0 Å². The van der Waals surface area contributed by atoms with Crippen LogP contribution < -0.4 is 0 Å². The summed E-state index contributed by atoms with van der Waals surface area (Å²) in [6.07, 6.45) is 6.17. The summed E-state index contributed by atoms with van der Waals surface area (Å²) in [5.41, 5.74) is 1.31. The van der Waals surface area contributed by atoms with Crippen molar-refractivity contribution < 1.29 is 5.11 Å². The summed E-state index contributed by atoms with van der Waals surface area (Å²) in [6, 6.07) is 8.18. The van der Waals surface area contributed by atoms with Crippen molar-refractivity contribution in [1.29, 1.82) is 0 Å². The molecule has 2 heteroatoms. The number of aromatic hydroxyl groups is 1. The van der Waals surface area contributed by atoms with E-state index in [4.69, 9.17) is 0 Å². The van der Waals surface area contributed by atoms with Crippen molar-refractivity contribution in [3.8, 4) is 5.75 Å². The second-order valence-corrected chi connectivity index (χ2v) is 5.24. The fourth-order valence-electron chi connectivity index (χ4n) is 2.09. The first kappa shape index (κ1) is 15.0. The Morgan fingerprint density at radius 1 is 1.17 bits per heavy atom. The van der Waals surface area contributed by atoms with Gasteiger partial charge in [-0.15, -0.1) is 0 Å². The van der Waals surface area contributed by atoms with Gasteiger partial charge in [-0.2, -0.15) is 0 Å². The van der Waals surface area contributed by atoms with Crippen LogP contribution in [-0.2, 0) is 6.42 Å². The molecule has 18 heavy (non-hydrogen) atoms. The van der Waals surface area contributed by atoms with E-state index < -0.39 is 0 Å². The van der Waals surface area contributed by atoms with Crippen LogP contribution in [0.5, 0.6) is 5.75 Å². The van der Waals surface area contributed by atoms with Crippen molar-refractivity contribution in [3.63, 3.8) is 0 Å². The molecule has 0 heterocycles. The molecule has 102 valence electrons. The van der Waals surface area contributed by atoms with Gasteiger partial charge in [-0.05, 0) is 57.5 Å². The minimum atomic E-state index is 0.350. The van der Waals surface area contributed by atoms with Crippen LogP contribution in [0.1, 0.15) is 45.1 Å². The maximum atomic E-state index is 9.23. The van der Waals surface area contributed by atoms with Crippen molar-refractivity contribution in [1.82, 2.24) is 4.90 Å². The van der Waals surface area contributed by atoms with Crippen LogP contribution in [0.2, 0.25) is 0 Å². The van der Waals surface area contributed by atoms with Gasteiger partial charge < -0.3 is 10.0 Å². The molecule has 0 fully saturated rings. The number of benzene rings is 1. The van der Waals surface area contributed by atoms with E-state index >= 15 is 0 Å². The normalized spacial score (nSPS) is 12.9. The topological polar surface area (TPSA) is 23.5 Å². The Morgan fingerprint density at radius 2 is 1.83 bits per heavy atom. The van der Waals surface area contributed by atoms with Gasteiger partial charge in [0.15, 0.2) is 0 Å². The average Bonchev–Trinajstić information content (AvgIpc) is 2.38. The standard InChI is InChI=1S/C16H27NO/c1-4-5-6-13-17(3)14(2)7-8-15-9-11-16(18)12-10-15/h9-12,14,18H,4-8,13H2,1-3H3. The van der Waals surface area contributed by atoms with Crippen molar-refractivity contribution in [2.75, 3.05) is 13.6 Å². The molecule has 0 bridgehead atoms. The summed E-state index contributed by atoms with van der Waals surface area (Å²) < 4.78 is 0. The number of phenolic OH excluding ortho intramolecular Hbond substituents is 1. The molecular weight excluding hydrogens is 222 g/mol. The molecule has 1 aromatic rings. The van der Waals surface area contributed by atoms with E-state index in [2.05, 4.69) is 25.8 Å². The molecule has 1 aromatic carbocycles. The molecule has 0 aliphatic carbocycles. The van der Waals surface area contributed by atoms with E-state index in [-0.39, 0.29) is 0 Å². The molecular formula is C16H27NO. The Morgan fingerprint density at radius 3 is 2.44 bits per heavy atom. The van der Waals surface area contributed by atoms with Crippen molar-refractivity contribution >= 4 is 0 Å². The largest absolute Gasteiger partial charge is 0.508 e. The van der Waals surface area contributed by atoms with E-state index in [1.807, 2.05) is 12.1 Å². The Balaban J connectivity index is 2.27. The summed E-state index contributed by atoms with van der Waals surface area (Å²) >= 11 is 0. The van der Waals surface area contributed by atoms with Crippen molar-refractivity contribution in [3.05, 3.63) is 29.8 Å². The fraction of sp³-hybridized carbons (Fsp3) is 0.625. The van der Waals surface area contributed by atoms with E-state index in [0.717, 1.165) is 6.42 Å². The quantitative estimate of drug-likeness (QED) is 0.708. The van der Waals surface area contributed by atoms with Gasteiger partial charge in [0.25, 0.3) is 0 Å². The molecule has 0 spiro atoms. The Hall–Kier alpha value is -1.02. The van der Waals surface area contributed by atoms with Gasteiger partial charge in [0.1, 0.15) is 5.75 Å². The van der Waals surface area contributed by atoms with E-state index in [0.29, 0.717) is 11.8 Å². The number of aryl methyl sites for hydroxylation is 1. The van der Waals surface area contributed by atoms with Crippen LogP contribution in [0.4, 0.5) is 0 Å². The molecule has 1 N–H and O–H groups in total. The number of rotatable bonds is 8. The zero-order chi connectivity index (χ0) is 13.4. The highest BCUT2D eigenvalue weighted by Gasteiger charge is 2.08. The monoisotopic (exact) mass is 249 g/mol. The molecule has 0 radical (unpaired) electrons. The number of phenols is 1. The van der Waals surface area contributed by atoms with Crippen LogP contribution in [0.3, 0.4) is 0 Å². The molecule has 0 saturated carbocycles. The van der Waals surface area contributed by atoms with E-state index in [9.17, 15) is 5.11 Å². The van der Waals surface area contributed by atoms with Crippen LogP contribution in [0, 0.1) is 0 Å². The molecule has 2 nitrogen and oxygen atoms in total. The summed E-state index contributed by atoms with van der Waals surface area (Å²) in [4.78, 5) is 2.45. The molecule has 1 rings (SSSR count). The van der Waals surface area contributed by atoms with Crippen molar-refractivity contribution in [2.45, 2.75) is 52.0 Å². The molecule has 1 unspecified atom stereocenters. The number of nitrogens with zero attached hydrogens (tertiary/aromatic N) is 1. The Kier molecular flexibility index (Phi) is 6.81. The van der Waals surface area contributed by atoms with Crippen LogP contribution in [0.15, 0.2) is 24.3 Å². The predicted molar refractivity (Wildman–Crippen MR) is 78.0 cm³/mol. The SMILES string of the molecule is CCCCCN(C)C(C)CCc1ccc(O)cc1. The summed E-state index contributed by atoms with van der Waals surface area (Å²) in [6.45, 7) is 5.74. The zero-order valence-corrected chi connectivity index (χ0v) is 12.0. The average molecular weight is 249 g/mol. The maximum Gasteiger partial charge on any atom is 0.115 e. The van der Waals surface area contributed by atoms with Crippen LogP contribution >= 0.6 is 0 Å². The van der Waals surface area contributed by atoms with Gasteiger partial charge in [-0.1, -0.05) is 31.9 Å². The molecule has 0 amide bonds. The number of hydrogen-bond acceptors (Lipinski definition) is 2. The molecule has 0 aromatic heterocycles. The highest BCUT2D eigenvalue weighted by molar-refractivity contribution is 5.25. The minimum absolute atomic E-state index is 0.350. The molecule has 0 aliphatic rings. The lowest BCUT2D eigenvalue weighted by Crippen LogP contribution is -2.30. The van der Waals surface area contributed by atoms with Gasteiger partial charge in [0.05, 0.1) is 0 Å². The third-order valence-corrected chi connectivity index (χ3v) is 3.65. The predicted octanol–water partition coefficient (Wildman–Crippen LogP) is 3.84. The van der Waals surface area contributed by atoms with Gasteiger partial charge in [-0.25, -0.2) is 0 Å². The Bertz CT molecular complexity index is 320. The fourth-order valence-corrected chi connectivity index (χ4v) is 2.09. The minimum Gasteiger partial charge on any atom is -0.508 e. The first-order valence-corrected chi connectivity index (χ1v) is 7.11. The van der Waals surface area contributed by atoms with Gasteiger partial charge in [0.2, 0.25) is 0 Å².